The van der Waals surface area contributed by atoms with Crippen LogP contribution in [-0.4, -0.2) is 43.8 Å². The number of halogens is 1. The van der Waals surface area contributed by atoms with Crippen LogP contribution in [0.15, 0.2) is 60.4 Å². The summed E-state index contributed by atoms with van der Waals surface area (Å²) in [6, 6.07) is 14.5. The van der Waals surface area contributed by atoms with E-state index in [1.165, 1.54) is 35.2 Å². The average Bonchev–Trinajstić information content (AvgIpc) is 2.85. The number of rotatable bonds is 10. The van der Waals surface area contributed by atoms with Gasteiger partial charge >= 0.3 is 21.5 Å². The highest BCUT2D eigenvalue weighted by atomic mass is 35.5. The summed E-state index contributed by atoms with van der Waals surface area (Å²) >= 11 is 6.07. The van der Waals surface area contributed by atoms with E-state index >= 15 is 0 Å². The summed E-state index contributed by atoms with van der Waals surface area (Å²) in [5.74, 6) is -0.320. The predicted octanol–water partition coefficient (Wildman–Crippen LogP) is 7.29. The first-order valence-corrected chi connectivity index (χ1v) is 15.2. The molecule has 218 valence electrons. The topological polar surface area (TPSA) is 121 Å². The van der Waals surface area contributed by atoms with Crippen molar-refractivity contribution in [2.24, 2.45) is 0 Å². The third-order valence-electron chi connectivity index (χ3n) is 5.11. The fraction of sp³-hybridized carbons (Fsp3) is 0.423. The fourth-order valence-electron chi connectivity index (χ4n) is 2.77. The van der Waals surface area contributed by atoms with E-state index in [9.17, 15) is 18.8 Å². The molecule has 0 saturated heterocycles. The number of hydrogen-bond donors (Lipinski definition) is 1. The van der Waals surface area contributed by atoms with Crippen LogP contribution in [-0.2, 0) is 37.6 Å². The zero-order chi connectivity index (χ0) is 30.0. The average molecular weight is 606 g/mol. The van der Waals surface area contributed by atoms with Gasteiger partial charge in [-0.25, -0.2) is 18.6 Å². The molecule has 0 fully saturated rings. The molecule has 0 saturated carbocycles. The maximum absolute atomic E-state index is 11.7. The lowest BCUT2D eigenvalue weighted by molar-refractivity contribution is -0.142. The van der Waals surface area contributed by atoms with E-state index in [2.05, 4.69) is 29.8 Å². The molecule has 0 radical (unpaired) electrons. The number of carbonyl (C=O) groups is 1. The van der Waals surface area contributed by atoms with E-state index < -0.39 is 27.6 Å². The molecule has 0 aliphatic carbocycles. The van der Waals surface area contributed by atoms with Gasteiger partial charge in [0.2, 0.25) is 0 Å². The van der Waals surface area contributed by atoms with Crippen LogP contribution in [0.2, 0.25) is 5.02 Å². The predicted molar refractivity (Wildman–Crippen MR) is 152 cm³/mol. The number of ether oxygens (including phenoxy) is 1. The molecule has 0 spiro atoms. The van der Waals surface area contributed by atoms with Gasteiger partial charge in [0.1, 0.15) is 17.6 Å². The normalized spacial score (nSPS) is 14.5. The van der Waals surface area contributed by atoms with Crippen LogP contribution in [0, 0.1) is 0 Å². The zero-order valence-corrected chi connectivity index (χ0v) is 26.3. The number of esters is 1. The molecular formula is C26H38ClNO9P2. The van der Waals surface area contributed by atoms with Crippen LogP contribution in [0.5, 0.6) is 5.75 Å². The van der Waals surface area contributed by atoms with Gasteiger partial charge in [0.25, 0.3) is 0 Å². The van der Waals surface area contributed by atoms with Gasteiger partial charge in [0.05, 0.1) is 11.1 Å². The van der Waals surface area contributed by atoms with Gasteiger partial charge in [0, 0.05) is 14.2 Å². The molecule has 1 N–H and O–H groups in total. The minimum Gasteiger partial charge on any atom is -0.455 e. The number of phosphoric ester groups is 1. The molecule has 2 unspecified atom stereocenters. The lowest BCUT2D eigenvalue weighted by Gasteiger charge is -2.22. The molecule has 10 nitrogen and oxygen atoms in total. The molecule has 0 aliphatic rings. The molecule has 2 atom stereocenters. The monoisotopic (exact) mass is 605 g/mol. The van der Waals surface area contributed by atoms with E-state index in [0.717, 1.165) is 21.9 Å². The first-order chi connectivity index (χ1) is 17.9. The van der Waals surface area contributed by atoms with Gasteiger partial charge in [-0.05, 0) is 56.6 Å². The smallest absolute Gasteiger partial charge is 0.455 e. The minimum absolute atomic E-state index is 0.0351. The number of nitrogens with zero attached hydrogens (tertiary/aromatic N) is 1. The molecule has 2 rings (SSSR count). The molecule has 0 amide bonds. The van der Waals surface area contributed by atoms with Gasteiger partial charge in [-0.2, -0.15) is 0 Å². The lowest BCUT2D eigenvalue weighted by Crippen LogP contribution is -2.13. The molecule has 0 bridgehead atoms. The van der Waals surface area contributed by atoms with Crippen molar-refractivity contribution in [3.8, 4) is 5.75 Å². The Morgan fingerprint density at radius 1 is 1.05 bits per heavy atom. The van der Waals surface area contributed by atoms with Crippen molar-refractivity contribution in [1.82, 2.24) is 4.67 Å². The Morgan fingerprint density at radius 2 is 1.62 bits per heavy atom. The molecule has 0 aromatic heterocycles. The highest BCUT2D eigenvalue weighted by Gasteiger charge is 2.26. The lowest BCUT2D eigenvalue weighted by atomic mass is 9.87. The van der Waals surface area contributed by atoms with Crippen LogP contribution in [0.3, 0.4) is 0 Å². The van der Waals surface area contributed by atoms with Crippen molar-refractivity contribution in [3.05, 3.63) is 76.5 Å². The Hall–Kier alpha value is -2.16. The van der Waals surface area contributed by atoms with Crippen molar-refractivity contribution in [3.63, 3.8) is 0 Å². The quantitative estimate of drug-likeness (QED) is 0.128. The summed E-state index contributed by atoms with van der Waals surface area (Å²) in [5.41, 5.74) is 1.88. The van der Waals surface area contributed by atoms with E-state index in [0.29, 0.717) is 5.02 Å². The Kier molecular flexibility index (Phi) is 13.4. The SMILES string of the molecule is CN(C)P(=O)(O)Oc1ccc(C(C)(C)C)cc1Cl.COP(=O)(OC)O/C(C)=C/C(=O)OC(C)c1ccccc1. The van der Waals surface area contributed by atoms with E-state index in [1.807, 2.05) is 36.4 Å². The summed E-state index contributed by atoms with van der Waals surface area (Å²) in [4.78, 5) is 21.3. The summed E-state index contributed by atoms with van der Waals surface area (Å²) in [6.07, 6.45) is 0.684. The Morgan fingerprint density at radius 3 is 2.08 bits per heavy atom. The van der Waals surface area contributed by atoms with Crippen molar-refractivity contribution in [1.29, 1.82) is 0 Å². The fourth-order valence-corrected chi connectivity index (χ4v) is 4.32. The molecule has 0 aliphatic heterocycles. The van der Waals surface area contributed by atoms with Crippen LogP contribution < -0.4 is 4.52 Å². The van der Waals surface area contributed by atoms with Gasteiger partial charge in [-0.1, -0.05) is 68.8 Å². The molecule has 0 heterocycles. The third-order valence-corrected chi connectivity index (χ3v) is 8.25. The second-order valence-corrected chi connectivity index (χ2v) is 13.7. The van der Waals surface area contributed by atoms with Crippen molar-refractivity contribution >= 4 is 33.1 Å². The maximum Gasteiger partial charge on any atom is 0.529 e. The number of allylic oxidation sites excluding steroid dienone is 1. The van der Waals surface area contributed by atoms with E-state index in [1.54, 1.807) is 19.1 Å². The molecule has 13 heteroatoms. The summed E-state index contributed by atoms with van der Waals surface area (Å²) < 4.78 is 49.0. The largest absolute Gasteiger partial charge is 0.529 e. The van der Waals surface area contributed by atoms with Gasteiger partial charge in [-0.15, -0.1) is 0 Å². The molecule has 2 aromatic carbocycles. The van der Waals surface area contributed by atoms with Gasteiger partial charge in [0.15, 0.2) is 0 Å². The first-order valence-electron chi connectivity index (χ1n) is 11.8. The highest BCUT2D eigenvalue weighted by Crippen LogP contribution is 2.49. The molecule has 39 heavy (non-hydrogen) atoms. The van der Waals surface area contributed by atoms with Crippen LogP contribution >= 0.6 is 27.2 Å². The summed E-state index contributed by atoms with van der Waals surface area (Å²) in [5, 5.41) is 0.332. The Balaban J connectivity index is 0.000000395. The number of phosphoric acid groups is 1. The van der Waals surface area contributed by atoms with Crippen molar-refractivity contribution < 1.29 is 41.6 Å². The van der Waals surface area contributed by atoms with Crippen molar-refractivity contribution in [2.45, 2.75) is 46.1 Å². The van der Waals surface area contributed by atoms with E-state index in [4.69, 9.17) is 25.4 Å². The van der Waals surface area contributed by atoms with Crippen LogP contribution in [0.4, 0.5) is 0 Å². The Labute approximate surface area is 236 Å². The number of hydrogen-bond acceptors (Lipinski definition) is 8. The summed E-state index contributed by atoms with van der Waals surface area (Å²) in [7, 11) is -2.17. The van der Waals surface area contributed by atoms with E-state index in [-0.39, 0.29) is 16.9 Å². The van der Waals surface area contributed by atoms with Gasteiger partial charge < -0.3 is 18.7 Å². The second-order valence-electron chi connectivity index (χ2n) is 9.47. The van der Waals surface area contributed by atoms with Crippen LogP contribution in [0.25, 0.3) is 0 Å². The molecule has 2 aromatic rings. The second kappa shape index (κ2) is 15.0. The minimum atomic E-state index is -3.82. The third kappa shape index (κ3) is 11.9. The van der Waals surface area contributed by atoms with Crippen molar-refractivity contribution in [2.75, 3.05) is 28.3 Å². The highest BCUT2D eigenvalue weighted by molar-refractivity contribution is 7.50. The number of carbonyl (C=O) groups excluding carboxylic acids is 1. The Bertz CT molecular complexity index is 1210. The molecular weight excluding hydrogens is 568 g/mol. The standard InChI is InChI=1S/C14H19O6P.C12H19ClNO3P/c1-11(20-21(16,17-3)18-4)10-14(15)19-12(2)13-8-6-5-7-9-13;1-12(2,3)9-6-7-11(10(13)8-9)17-18(15,16)14(4)5/h5-10,12H,1-4H3;6-8H,1-5H3,(H,15,16)/b11-10+;. The first kappa shape index (κ1) is 34.9. The van der Waals surface area contributed by atoms with Gasteiger partial charge in [-0.3, -0.25) is 9.05 Å². The maximum atomic E-state index is 11.7. The van der Waals surface area contributed by atoms with Crippen LogP contribution in [0.1, 0.15) is 51.8 Å². The number of benzene rings is 2. The zero-order valence-electron chi connectivity index (χ0n) is 23.7. The summed E-state index contributed by atoms with van der Waals surface area (Å²) in [6.45, 7) is 9.41.